The molecule has 0 aliphatic rings. The molecule has 23 heavy (non-hydrogen) atoms. The van der Waals surface area contributed by atoms with Crippen molar-refractivity contribution in [2.75, 3.05) is 13.2 Å². The highest BCUT2D eigenvalue weighted by atomic mass is 32.2. The van der Waals surface area contributed by atoms with Gasteiger partial charge in [-0.2, -0.15) is 13.2 Å². The van der Waals surface area contributed by atoms with Gasteiger partial charge in [0.05, 0.1) is 16.4 Å². The van der Waals surface area contributed by atoms with E-state index in [1.807, 2.05) is 0 Å². The number of nitro benzene ring substituents is 1. The van der Waals surface area contributed by atoms with Gasteiger partial charge < -0.3 is 9.47 Å². The maximum atomic E-state index is 12.4. The van der Waals surface area contributed by atoms with Crippen molar-refractivity contribution in [1.29, 1.82) is 0 Å². The predicted octanol–water partition coefficient (Wildman–Crippen LogP) is 1.83. The van der Waals surface area contributed by atoms with Gasteiger partial charge in [-0.05, 0) is 19.1 Å². The number of esters is 1. The number of hydrogen-bond donors (Lipinski definition) is 0. The standard InChI is InChI=1S/C11H10F3NO7S/c1-2-21-10(16)6-22-9-4-3-7(5-8(9)15(17)18)23(19,20)11(12,13)14/h3-5H,2,6H2,1H3. The van der Waals surface area contributed by atoms with E-state index in [2.05, 4.69) is 4.74 Å². The lowest BCUT2D eigenvalue weighted by Gasteiger charge is -2.10. The summed E-state index contributed by atoms with van der Waals surface area (Å²) in [7, 11) is -5.74. The smallest absolute Gasteiger partial charge is 0.475 e. The summed E-state index contributed by atoms with van der Waals surface area (Å²) < 4.78 is 69.1. The number of benzene rings is 1. The molecule has 1 aromatic carbocycles. The first kappa shape index (κ1) is 18.7. The monoisotopic (exact) mass is 357 g/mol. The zero-order valence-electron chi connectivity index (χ0n) is 11.5. The highest BCUT2D eigenvalue weighted by Gasteiger charge is 2.47. The Kier molecular flexibility index (Phi) is 5.53. The molecule has 0 aliphatic heterocycles. The number of alkyl halides is 3. The number of nitrogens with zero attached hydrogens (tertiary/aromatic N) is 1. The summed E-state index contributed by atoms with van der Waals surface area (Å²) in [5.41, 5.74) is -6.63. The highest BCUT2D eigenvalue weighted by Crippen LogP contribution is 2.35. The Morgan fingerprint density at radius 3 is 2.43 bits per heavy atom. The average Bonchev–Trinajstić information content (AvgIpc) is 2.43. The summed E-state index contributed by atoms with van der Waals surface area (Å²) in [5, 5.41) is 10.9. The molecule has 0 spiro atoms. The van der Waals surface area contributed by atoms with Gasteiger partial charge in [-0.25, -0.2) is 13.2 Å². The van der Waals surface area contributed by atoms with Gasteiger partial charge in [0.15, 0.2) is 12.4 Å². The zero-order chi connectivity index (χ0) is 17.8. The van der Waals surface area contributed by atoms with Gasteiger partial charge in [0.1, 0.15) is 0 Å². The first-order valence-electron chi connectivity index (χ1n) is 5.89. The van der Waals surface area contributed by atoms with Crippen molar-refractivity contribution < 1.29 is 40.8 Å². The summed E-state index contributed by atoms with van der Waals surface area (Å²) in [4.78, 5) is 19.5. The van der Waals surface area contributed by atoms with Gasteiger partial charge in [0.2, 0.25) is 0 Å². The number of nitro groups is 1. The maximum absolute atomic E-state index is 12.4. The lowest BCUT2D eigenvalue weighted by molar-refractivity contribution is -0.386. The van der Waals surface area contributed by atoms with Crippen molar-refractivity contribution in [3.05, 3.63) is 28.3 Å². The zero-order valence-corrected chi connectivity index (χ0v) is 12.3. The van der Waals surface area contributed by atoms with E-state index in [1.165, 1.54) is 6.92 Å². The van der Waals surface area contributed by atoms with Crippen LogP contribution in [-0.4, -0.2) is 38.0 Å². The number of rotatable bonds is 6. The molecule has 12 heteroatoms. The van der Waals surface area contributed by atoms with Crippen LogP contribution in [0.15, 0.2) is 23.1 Å². The van der Waals surface area contributed by atoms with Crippen LogP contribution in [0.5, 0.6) is 5.75 Å². The number of ether oxygens (including phenoxy) is 2. The van der Waals surface area contributed by atoms with Gasteiger partial charge in [-0.3, -0.25) is 10.1 Å². The molecule has 0 fully saturated rings. The Balaban J connectivity index is 3.18. The minimum absolute atomic E-state index is 0.0348. The largest absolute Gasteiger partial charge is 0.501 e. The molecule has 8 nitrogen and oxygen atoms in total. The van der Waals surface area contributed by atoms with Crippen LogP contribution < -0.4 is 4.74 Å². The lowest BCUT2D eigenvalue weighted by Crippen LogP contribution is -2.23. The van der Waals surface area contributed by atoms with E-state index in [0.29, 0.717) is 12.1 Å². The van der Waals surface area contributed by atoms with Crippen molar-refractivity contribution in [2.24, 2.45) is 0 Å². The molecule has 0 aromatic heterocycles. The Hall–Kier alpha value is -2.37. The van der Waals surface area contributed by atoms with E-state index in [9.17, 15) is 36.5 Å². The Labute approximate surface area is 127 Å². The fourth-order valence-corrected chi connectivity index (χ4v) is 2.18. The molecule has 0 radical (unpaired) electrons. The first-order chi connectivity index (χ1) is 10.5. The average molecular weight is 357 g/mol. The van der Waals surface area contributed by atoms with Crippen LogP contribution in [0.25, 0.3) is 0 Å². The Bertz CT molecular complexity index is 715. The number of carbonyl (C=O) groups is 1. The number of hydrogen-bond acceptors (Lipinski definition) is 7. The molecule has 128 valence electrons. The molecule has 0 saturated heterocycles. The molecule has 1 aromatic rings. The summed E-state index contributed by atoms with van der Waals surface area (Å²) in [6.07, 6.45) is 0. The molecular weight excluding hydrogens is 347 g/mol. The van der Waals surface area contributed by atoms with Crippen molar-refractivity contribution in [3.63, 3.8) is 0 Å². The van der Waals surface area contributed by atoms with Gasteiger partial charge >= 0.3 is 17.2 Å². The van der Waals surface area contributed by atoms with Gasteiger partial charge in [-0.1, -0.05) is 0 Å². The second-order valence-electron chi connectivity index (χ2n) is 3.93. The third-order valence-electron chi connectivity index (χ3n) is 2.39. The topological polar surface area (TPSA) is 113 Å². The third-order valence-corrected chi connectivity index (χ3v) is 3.88. The van der Waals surface area contributed by atoms with Crippen molar-refractivity contribution in [1.82, 2.24) is 0 Å². The van der Waals surface area contributed by atoms with E-state index in [4.69, 9.17) is 4.74 Å². The molecule has 0 unspecified atom stereocenters. The van der Waals surface area contributed by atoms with Gasteiger partial charge in [-0.15, -0.1) is 0 Å². The van der Waals surface area contributed by atoms with Crippen LogP contribution in [0.1, 0.15) is 6.92 Å². The minimum Gasteiger partial charge on any atom is -0.475 e. The van der Waals surface area contributed by atoms with Gasteiger partial charge in [0.25, 0.3) is 9.84 Å². The summed E-state index contributed by atoms with van der Waals surface area (Å²) in [6.45, 7) is 0.824. The van der Waals surface area contributed by atoms with E-state index in [0.717, 1.165) is 0 Å². The molecule has 0 atom stereocenters. The number of carbonyl (C=O) groups excluding carboxylic acids is 1. The molecule has 1 rings (SSSR count). The van der Waals surface area contributed by atoms with E-state index in [-0.39, 0.29) is 12.7 Å². The Morgan fingerprint density at radius 1 is 1.35 bits per heavy atom. The molecule has 0 saturated carbocycles. The SMILES string of the molecule is CCOC(=O)COc1ccc(S(=O)(=O)C(F)(F)F)cc1[N+](=O)[O-]. The fourth-order valence-electron chi connectivity index (χ4n) is 1.40. The molecule has 0 heterocycles. The van der Waals surface area contributed by atoms with Crippen molar-refractivity contribution in [3.8, 4) is 5.75 Å². The Morgan fingerprint density at radius 2 is 1.96 bits per heavy atom. The molecule has 0 amide bonds. The second kappa shape index (κ2) is 6.81. The maximum Gasteiger partial charge on any atom is 0.501 e. The number of halogens is 3. The van der Waals surface area contributed by atoms with E-state index in [1.54, 1.807) is 0 Å². The molecule has 0 N–H and O–H groups in total. The summed E-state index contributed by atoms with van der Waals surface area (Å²) in [5.74, 6) is -1.42. The molecule has 0 bridgehead atoms. The third kappa shape index (κ3) is 4.31. The van der Waals surface area contributed by atoms with Gasteiger partial charge in [0, 0.05) is 6.07 Å². The fraction of sp³-hybridized carbons (Fsp3) is 0.364. The second-order valence-corrected chi connectivity index (χ2v) is 5.87. The minimum atomic E-state index is -5.74. The predicted molar refractivity (Wildman–Crippen MR) is 68.5 cm³/mol. The summed E-state index contributed by atoms with van der Waals surface area (Å²) >= 11 is 0. The van der Waals surface area contributed by atoms with Crippen LogP contribution in [0, 0.1) is 10.1 Å². The number of sulfone groups is 1. The normalized spacial score (nSPS) is 11.8. The van der Waals surface area contributed by atoms with E-state index >= 15 is 0 Å². The molecular formula is C11H10F3NO7S. The van der Waals surface area contributed by atoms with E-state index < -0.39 is 49.2 Å². The molecule has 0 aliphatic carbocycles. The lowest BCUT2D eigenvalue weighted by atomic mass is 10.3. The quantitative estimate of drug-likeness (QED) is 0.433. The van der Waals surface area contributed by atoms with Crippen LogP contribution in [0.4, 0.5) is 18.9 Å². The van der Waals surface area contributed by atoms with Crippen LogP contribution in [0.2, 0.25) is 0 Å². The van der Waals surface area contributed by atoms with Crippen LogP contribution >= 0.6 is 0 Å². The van der Waals surface area contributed by atoms with Crippen LogP contribution in [0.3, 0.4) is 0 Å². The first-order valence-corrected chi connectivity index (χ1v) is 7.37. The highest BCUT2D eigenvalue weighted by molar-refractivity contribution is 7.92. The van der Waals surface area contributed by atoms with Crippen LogP contribution in [-0.2, 0) is 19.4 Å². The summed E-state index contributed by atoms with van der Waals surface area (Å²) in [6, 6.07) is 1.37. The van der Waals surface area contributed by atoms with Crippen molar-refractivity contribution >= 4 is 21.5 Å². The van der Waals surface area contributed by atoms with Crippen molar-refractivity contribution in [2.45, 2.75) is 17.3 Å².